The highest BCUT2D eigenvalue weighted by Gasteiger charge is 2.22. The Hall–Kier alpha value is -2.75. The Bertz CT molecular complexity index is 1160. The summed E-state index contributed by atoms with van der Waals surface area (Å²) in [6.45, 7) is 1.60. The lowest BCUT2D eigenvalue weighted by Gasteiger charge is -2.18. The van der Waals surface area contributed by atoms with Crippen LogP contribution in [0.5, 0.6) is 11.5 Å². The highest BCUT2D eigenvalue weighted by Crippen LogP contribution is 2.31. The minimum Gasteiger partial charge on any atom is -0.495 e. The first-order valence-electron chi connectivity index (χ1n) is 9.11. The highest BCUT2D eigenvalue weighted by atomic mass is 35.5. The number of halogens is 1. The Kier molecular flexibility index (Phi) is 7.09. The van der Waals surface area contributed by atoms with Crippen LogP contribution in [-0.2, 0) is 14.8 Å². The monoisotopic (exact) mass is 480 g/mol. The van der Waals surface area contributed by atoms with Gasteiger partial charge >= 0.3 is 0 Å². The van der Waals surface area contributed by atoms with Crippen molar-refractivity contribution in [3.05, 3.63) is 64.5 Å². The minimum absolute atomic E-state index is 0.229. The molecule has 7 nitrogen and oxygen atoms in total. The third-order valence-corrected chi connectivity index (χ3v) is 8.00. The molecule has 0 radical (unpaired) electrons. The van der Waals surface area contributed by atoms with Gasteiger partial charge in [-0.05, 0) is 54.3 Å². The number of amides is 1. The van der Waals surface area contributed by atoms with Crippen LogP contribution in [-0.4, -0.2) is 35.1 Å². The number of nitrogens with one attached hydrogen (secondary N) is 1. The highest BCUT2D eigenvalue weighted by molar-refractivity contribution is 7.94. The van der Waals surface area contributed by atoms with E-state index in [0.29, 0.717) is 27.9 Å². The fourth-order valence-electron chi connectivity index (χ4n) is 2.70. The van der Waals surface area contributed by atoms with E-state index in [2.05, 4.69) is 5.32 Å². The molecule has 31 heavy (non-hydrogen) atoms. The van der Waals surface area contributed by atoms with Crippen LogP contribution in [0, 0.1) is 6.92 Å². The van der Waals surface area contributed by atoms with Gasteiger partial charge in [0.05, 0.1) is 18.5 Å². The smallest absolute Gasteiger partial charge is 0.273 e. The van der Waals surface area contributed by atoms with E-state index >= 15 is 0 Å². The normalized spacial score (nSPS) is 11.1. The Morgan fingerprint density at radius 1 is 1.19 bits per heavy atom. The molecule has 164 valence electrons. The maximum Gasteiger partial charge on any atom is 0.273 e. The molecule has 0 aliphatic carbocycles. The lowest BCUT2D eigenvalue weighted by atomic mass is 10.2. The van der Waals surface area contributed by atoms with Gasteiger partial charge in [0.25, 0.3) is 15.9 Å². The van der Waals surface area contributed by atoms with Gasteiger partial charge in [0.15, 0.2) is 6.61 Å². The van der Waals surface area contributed by atoms with Gasteiger partial charge in [0.1, 0.15) is 15.7 Å². The number of benzene rings is 2. The van der Waals surface area contributed by atoms with Gasteiger partial charge in [-0.15, -0.1) is 11.3 Å². The summed E-state index contributed by atoms with van der Waals surface area (Å²) in [4.78, 5) is 12.3. The zero-order chi connectivity index (χ0) is 22.6. The number of hydrogen-bond donors (Lipinski definition) is 1. The summed E-state index contributed by atoms with van der Waals surface area (Å²) < 4.78 is 37.4. The number of thiophene rings is 1. The van der Waals surface area contributed by atoms with Crippen LogP contribution < -0.4 is 19.1 Å². The zero-order valence-electron chi connectivity index (χ0n) is 17.1. The second kappa shape index (κ2) is 9.59. The first-order valence-corrected chi connectivity index (χ1v) is 11.8. The number of aryl methyl sites for hydroxylation is 1. The fraction of sp³-hybridized carbons (Fsp3) is 0.190. The molecule has 0 aliphatic heterocycles. The van der Waals surface area contributed by atoms with E-state index in [9.17, 15) is 13.2 Å². The van der Waals surface area contributed by atoms with E-state index in [4.69, 9.17) is 21.1 Å². The van der Waals surface area contributed by atoms with Crippen molar-refractivity contribution < 1.29 is 22.7 Å². The first kappa shape index (κ1) is 22.9. The maximum atomic E-state index is 12.6. The van der Waals surface area contributed by atoms with Gasteiger partial charge in [-0.1, -0.05) is 17.7 Å². The number of carbonyl (C=O) groups excluding carboxylic acids is 1. The Balaban J connectivity index is 1.62. The van der Waals surface area contributed by atoms with Gasteiger partial charge in [0, 0.05) is 18.1 Å². The van der Waals surface area contributed by atoms with Crippen molar-refractivity contribution in [3.63, 3.8) is 0 Å². The average molecular weight is 481 g/mol. The van der Waals surface area contributed by atoms with Crippen LogP contribution in [0.1, 0.15) is 5.56 Å². The van der Waals surface area contributed by atoms with E-state index in [1.54, 1.807) is 53.9 Å². The summed E-state index contributed by atoms with van der Waals surface area (Å²) in [5, 5.41) is 4.98. The molecule has 0 saturated heterocycles. The van der Waals surface area contributed by atoms with Crippen LogP contribution >= 0.6 is 22.9 Å². The summed E-state index contributed by atoms with van der Waals surface area (Å²) in [5.41, 5.74) is 1.77. The van der Waals surface area contributed by atoms with Gasteiger partial charge in [-0.3, -0.25) is 9.10 Å². The van der Waals surface area contributed by atoms with Gasteiger partial charge in [-0.25, -0.2) is 8.42 Å². The molecule has 0 atom stereocenters. The standard InChI is InChI=1S/C21H21ClN2O5S2/c1-14-11-18(19(28-3)12-17(14)22)23-20(25)13-29-16-8-6-15(7-9-16)24(2)31(26,27)21-5-4-10-30-21/h4-12H,13H2,1-3H3,(H,23,25). The van der Waals surface area contributed by atoms with E-state index < -0.39 is 10.0 Å². The van der Waals surface area contributed by atoms with E-state index in [0.717, 1.165) is 16.9 Å². The van der Waals surface area contributed by atoms with Gasteiger partial charge < -0.3 is 14.8 Å². The van der Waals surface area contributed by atoms with Crippen LogP contribution in [0.3, 0.4) is 0 Å². The molecule has 0 fully saturated rings. The third-order valence-electron chi connectivity index (χ3n) is 4.43. The minimum atomic E-state index is -3.61. The molecule has 3 rings (SSSR count). The van der Waals surface area contributed by atoms with E-state index in [1.165, 1.54) is 18.5 Å². The summed E-state index contributed by atoms with van der Waals surface area (Å²) >= 11 is 7.23. The van der Waals surface area contributed by atoms with E-state index in [-0.39, 0.29) is 16.7 Å². The average Bonchev–Trinajstić information content (AvgIpc) is 3.30. The van der Waals surface area contributed by atoms with Crippen LogP contribution in [0.2, 0.25) is 5.02 Å². The zero-order valence-corrected chi connectivity index (χ0v) is 19.5. The maximum absolute atomic E-state index is 12.6. The number of anilines is 2. The third kappa shape index (κ3) is 5.30. The van der Waals surface area contributed by atoms with Crippen molar-refractivity contribution in [2.75, 3.05) is 30.4 Å². The molecule has 0 spiro atoms. The van der Waals surface area contributed by atoms with E-state index in [1.807, 2.05) is 6.92 Å². The molecule has 1 heterocycles. The first-order chi connectivity index (χ1) is 14.7. The molecular formula is C21H21ClN2O5S2. The molecule has 0 saturated carbocycles. The summed E-state index contributed by atoms with van der Waals surface area (Å²) in [6.07, 6.45) is 0. The molecule has 2 aromatic carbocycles. The van der Waals surface area contributed by atoms with Crippen LogP contribution in [0.15, 0.2) is 58.1 Å². The van der Waals surface area contributed by atoms with Crippen molar-refractivity contribution in [1.29, 1.82) is 0 Å². The number of rotatable bonds is 8. The Morgan fingerprint density at radius 3 is 2.52 bits per heavy atom. The molecule has 1 amide bonds. The van der Waals surface area contributed by atoms with Crippen LogP contribution in [0.25, 0.3) is 0 Å². The molecule has 0 aliphatic rings. The molecule has 0 unspecified atom stereocenters. The summed E-state index contributed by atoms with van der Waals surface area (Å²) in [7, 11) is -0.633. The number of ether oxygens (including phenoxy) is 2. The van der Waals surface area contributed by atoms with Gasteiger partial charge in [-0.2, -0.15) is 0 Å². The Labute approximate surface area is 190 Å². The Morgan fingerprint density at radius 2 is 1.90 bits per heavy atom. The van der Waals surface area contributed by atoms with Crippen molar-refractivity contribution in [3.8, 4) is 11.5 Å². The second-order valence-corrected chi connectivity index (χ2v) is 10.1. The predicted octanol–water partition coefficient (Wildman–Crippen LogP) is 4.56. The number of hydrogen-bond acceptors (Lipinski definition) is 6. The molecular weight excluding hydrogens is 460 g/mol. The van der Waals surface area contributed by atoms with Crippen molar-refractivity contribution in [1.82, 2.24) is 0 Å². The largest absolute Gasteiger partial charge is 0.495 e. The predicted molar refractivity (Wildman–Crippen MR) is 123 cm³/mol. The number of sulfonamides is 1. The van der Waals surface area contributed by atoms with Crippen molar-refractivity contribution in [2.24, 2.45) is 0 Å². The quantitative estimate of drug-likeness (QED) is 0.510. The lowest BCUT2D eigenvalue weighted by molar-refractivity contribution is -0.118. The molecule has 1 aromatic heterocycles. The number of nitrogens with zero attached hydrogens (tertiary/aromatic N) is 1. The van der Waals surface area contributed by atoms with Crippen LogP contribution in [0.4, 0.5) is 11.4 Å². The number of carbonyl (C=O) groups is 1. The molecule has 1 N–H and O–H groups in total. The molecule has 3 aromatic rings. The molecule has 10 heteroatoms. The van der Waals surface area contributed by atoms with Crippen molar-refractivity contribution in [2.45, 2.75) is 11.1 Å². The summed E-state index contributed by atoms with van der Waals surface area (Å²) in [6, 6.07) is 13.0. The fourth-order valence-corrected chi connectivity index (χ4v) is 5.21. The topological polar surface area (TPSA) is 84.9 Å². The summed E-state index contributed by atoms with van der Waals surface area (Å²) in [5.74, 6) is 0.504. The van der Waals surface area contributed by atoms with Gasteiger partial charge in [0.2, 0.25) is 0 Å². The second-order valence-electron chi connectivity index (χ2n) is 6.54. The lowest BCUT2D eigenvalue weighted by Crippen LogP contribution is -2.25. The SMILES string of the molecule is COc1cc(Cl)c(C)cc1NC(=O)COc1ccc(N(C)S(=O)(=O)c2cccs2)cc1. The molecule has 0 bridgehead atoms. The number of methoxy groups -OCH3 is 1. The van der Waals surface area contributed by atoms with Crippen molar-refractivity contribution >= 4 is 50.2 Å².